The van der Waals surface area contributed by atoms with E-state index in [4.69, 9.17) is 0 Å². The number of hydrogen-bond donors (Lipinski definition) is 0. The van der Waals surface area contributed by atoms with Gasteiger partial charge in [-0.1, -0.05) is 103 Å². The molecule has 2 aliphatic carbocycles. The molecule has 78 heavy (non-hydrogen) atoms. The van der Waals surface area contributed by atoms with Crippen LogP contribution in [0.2, 0.25) is 0 Å². The molecule has 0 bridgehead atoms. The molecule has 0 atom stereocenters. The molecule has 372 valence electrons. The molecule has 0 saturated heterocycles. The van der Waals surface area contributed by atoms with Crippen LogP contribution in [-0.2, 0) is 12.4 Å². The molecule has 8 aromatic carbocycles. The van der Waals surface area contributed by atoms with Gasteiger partial charge in [-0.15, -0.1) is 0 Å². The van der Waals surface area contributed by atoms with E-state index in [-0.39, 0.29) is 28.9 Å². The van der Waals surface area contributed by atoms with Crippen LogP contribution in [0.4, 0.5) is 26.3 Å². The van der Waals surface area contributed by atoms with Gasteiger partial charge in [0.2, 0.25) is 0 Å². The van der Waals surface area contributed by atoms with Crippen LogP contribution in [0.1, 0.15) is 35.1 Å². The van der Waals surface area contributed by atoms with Crippen LogP contribution in [0.3, 0.4) is 0 Å². The summed E-state index contributed by atoms with van der Waals surface area (Å²) >= 11 is 0. The normalized spacial score (nSPS) is 15.0. The first-order valence-corrected chi connectivity index (χ1v) is 24.6. The molecular formula is C66H36F6N6. The SMILES string of the molecule is N#CC1=CC(=c2ccc3c4ccc(=C5C=CC=C(C#N)C5)cc4n(-c4cc(C(F)(F)F)cc(-n5c6cc(-c7cccc(C#N)c7)ccc6c6ccc(-c7cccc(C#N)c7)cc65)c4-c4cccc(C(F)(F)F)c4)c3c2)CC=C1. The Morgan fingerprint density at radius 2 is 0.936 bits per heavy atom. The van der Waals surface area contributed by atoms with Crippen molar-refractivity contribution in [3.05, 3.63) is 238 Å². The van der Waals surface area contributed by atoms with Gasteiger partial charge < -0.3 is 9.13 Å². The summed E-state index contributed by atoms with van der Waals surface area (Å²) in [4.78, 5) is 0. The van der Waals surface area contributed by atoms with Gasteiger partial charge in [0.15, 0.2) is 0 Å². The van der Waals surface area contributed by atoms with E-state index in [0.717, 1.165) is 35.4 Å². The summed E-state index contributed by atoms with van der Waals surface area (Å²) in [6.45, 7) is 0. The van der Waals surface area contributed by atoms with Gasteiger partial charge in [0.25, 0.3) is 0 Å². The summed E-state index contributed by atoms with van der Waals surface area (Å²) in [5, 5.41) is 43.5. The highest BCUT2D eigenvalue weighted by molar-refractivity contribution is 6.13. The molecule has 12 rings (SSSR count). The number of rotatable bonds is 5. The van der Waals surface area contributed by atoms with Crippen molar-refractivity contribution in [3.8, 4) is 69.0 Å². The summed E-state index contributed by atoms with van der Waals surface area (Å²) in [5.41, 5.74) is 5.19. The van der Waals surface area contributed by atoms with E-state index in [2.05, 4.69) is 24.3 Å². The Morgan fingerprint density at radius 1 is 0.436 bits per heavy atom. The van der Waals surface area contributed by atoms with Gasteiger partial charge in [-0.05, 0) is 147 Å². The monoisotopic (exact) mass is 1030 g/mol. The maximum Gasteiger partial charge on any atom is 0.416 e. The fourth-order valence-corrected chi connectivity index (χ4v) is 10.9. The van der Waals surface area contributed by atoms with Crippen molar-refractivity contribution in [2.45, 2.75) is 25.2 Å². The number of benzene rings is 8. The first-order chi connectivity index (χ1) is 37.7. The first-order valence-electron chi connectivity index (χ1n) is 24.6. The van der Waals surface area contributed by atoms with Gasteiger partial charge in [0, 0.05) is 39.1 Å². The maximum absolute atomic E-state index is 16.2. The quantitative estimate of drug-likeness (QED) is 0.160. The molecule has 0 fully saturated rings. The van der Waals surface area contributed by atoms with Crippen molar-refractivity contribution in [2.75, 3.05) is 0 Å². The number of allylic oxidation sites excluding steroid dienone is 8. The van der Waals surface area contributed by atoms with Crippen LogP contribution >= 0.6 is 0 Å². The van der Waals surface area contributed by atoms with Crippen molar-refractivity contribution < 1.29 is 26.3 Å². The van der Waals surface area contributed by atoms with Crippen molar-refractivity contribution in [2.24, 2.45) is 0 Å². The van der Waals surface area contributed by atoms with E-state index in [1.807, 2.05) is 97.1 Å². The van der Waals surface area contributed by atoms with Gasteiger partial charge in [0.05, 0.1) is 85.5 Å². The zero-order chi connectivity index (χ0) is 54.0. The number of aromatic nitrogens is 2. The predicted molar refractivity (Wildman–Crippen MR) is 292 cm³/mol. The minimum atomic E-state index is -5.01. The second kappa shape index (κ2) is 18.8. The minimum Gasteiger partial charge on any atom is -0.308 e. The molecule has 0 spiro atoms. The Hall–Kier alpha value is -10.4. The Bertz CT molecular complexity index is 4580. The largest absolute Gasteiger partial charge is 0.416 e. The average Bonchev–Trinajstić information content (AvgIpc) is 4.08. The number of nitriles is 4. The first kappa shape index (κ1) is 48.5. The summed E-state index contributed by atoms with van der Waals surface area (Å²) in [6.07, 6.45) is 1.53. The van der Waals surface area contributed by atoms with E-state index in [1.165, 1.54) is 12.1 Å². The Balaban J connectivity index is 1.29. The summed E-state index contributed by atoms with van der Waals surface area (Å²) in [5.74, 6) is 0. The molecule has 0 aliphatic heterocycles. The predicted octanol–water partition coefficient (Wildman–Crippen LogP) is 15.8. The van der Waals surface area contributed by atoms with Crippen LogP contribution in [0.25, 0.3) is 99.5 Å². The molecule has 12 heteroatoms. The molecule has 0 radical (unpaired) electrons. The van der Waals surface area contributed by atoms with Crippen molar-refractivity contribution in [1.29, 1.82) is 21.0 Å². The lowest BCUT2D eigenvalue weighted by atomic mass is 9.95. The number of halogens is 6. The van der Waals surface area contributed by atoms with Gasteiger partial charge >= 0.3 is 12.4 Å². The smallest absolute Gasteiger partial charge is 0.308 e. The molecule has 0 unspecified atom stereocenters. The maximum atomic E-state index is 16.2. The van der Waals surface area contributed by atoms with Crippen LogP contribution in [0.5, 0.6) is 0 Å². The number of alkyl halides is 6. The molecule has 2 aliphatic rings. The molecule has 2 aromatic heterocycles. The fourth-order valence-electron chi connectivity index (χ4n) is 10.9. The molecule has 6 nitrogen and oxygen atoms in total. The topological polar surface area (TPSA) is 105 Å². The number of hydrogen-bond acceptors (Lipinski definition) is 4. The van der Waals surface area contributed by atoms with Crippen molar-refractivity contribution in [1.82, 2.24) is 9.13 Å². The Morgan fingerprint density at radius 3 is 1.46 bits per heavy atom. The van der Waals surface area contributed by atoms with Gasteiger partial charge in [-0.2, -0.15) is 47.4 Å². The van der Waals surface area contributed by atoms with Gasteiger partial charge in [0.1, 0.15) is 0 Å². The van der Waals surface area contributed by atoms with Crippen molar-refractivity contribution in [3.63, 3.8) is 0 Å². The van der Waals surface area contributed by atoms with Gasteiger partial charge in [-0.3, -0.25) is 0 Å². The highest BCUT2D eigenvalue weighted by atomic mass is 19.4. The molecule has 0 amide bonds. The van der Waals surface area contributed by atoms with E-state index in [0.29, 0.717) is 105 Å². The Labute approximate surface area is 441 Å². The van der Waals surface area contributed by atoms with Crippen LogP contribution in [0, 0.1) is 45.3 Å². The molecule has 2 heterocycles. The lowest BCUT2D eigenvalue weighted by Crippen LogP contribution is -2.13. The third-order valence-electron chi connectivity index (χ3n) is 14.5. The molecule has 0 N–H and O–H groups in total. The van der Waals surface area contributed by atoms with E-state index in [9.17, 15) is 21.0 Å². The van der Waals surface area contributed by atoms with Crippen molar-refractivity contribution >= 4 is 54.8 Å². The third kappa shape index (κ3) is 8.49. The average molecular weight is 1030 g/mol. The number of fused-ring (bicyclic) bond motifs is 6. The molecule has 10 aromatic rings. The highest BCUT2D eigenvalue weighted by Crippen LogP contribution is 2.47. The highest BCUT2D eigenvalue weighted by Gasteiger charge is 2.36. The van der Waals surface area contributed by atoms with E-state index in [1.54, 1.807) is 69.8 Å². The van der Waals surface area contributed by atoms with Crippen LogP contribution in [0.15, 0.2) is 205 Å². The zero-order valence-electron chi connectivity index (χ0n) is 40.8. The molecule has 0 saturated carbocycles. The lowest BCUT2D eigenvalue weighted by Gasteiger charge is -2.23. The Kier molecular flexibility index (Phi) is 11.7. The third-order valence-corrected chi connectivity index (χ3v) is 14.5. The van der Waals surface area contributed by atoms with E-state index >= 15 is 26.3 Å². The standard InChI is InChI=1S/C66H36F6N6/c67-65(68,69)52-15-5-14-51(28-52)64-62(77-58-29-47(43-10-1-6-39(24-43)35-73)16-20-54(58)55-21-17-48(30-59(55)77)44-11-2-7-40(25-44)36-74)33-53(66(70,71)72)34-63(64)78-60-31-49(45-12-3-8-41(26-45)37-75)18-22-56(60)57-23-19-50(32-61(57)78)46-13-4-9-42(27-46)38-76/h1-12,14-25,27-34H,13,26H2. The van der Waals surface area contributed by atoms with Gasteiger partial charge in [-0.25, -0.2) is 0 Å². The second-order valence-corrected chi connectivity index (χ2v) is 19.2. The fraction of sp³-hybridized carbons (Fsp3) is 0.0606. The van der Waals surface area contributed by atoms with E-state index < -0.39 is 23.5 Å². The molecular weight excluding hydrogens is 991 g/mol. The summed E-state index contributed by atoms with van der Waals surface area (Å²) in [7, 11) is 0. The summed E-state index contributed by atoms with van der Waals surface area (Å²) < 4.78 is 97.3. The second-order valence-electron chi connectivity index (χ2n) is 19.2. The minimum absolute atomic E-state index is 0.0293. The zero-order valence-corrected chi connectivity index (χ0v) is 40.8. The summed E-state index contributed by atoms with van der Waals surface area (Å²) in [6, 6.07) is 51.4. The van der Waals surface area contributed by atoms with Crippen LogP contribution in [-0.4, -0.2) is 9.13 Å². The lowest BCUT2D eigenvalue weighted by molar-refractivity contribution is -0.138. The van der Waals surface area contributed by atoms with Crippen LogP contribution < -0.4 is 10.4 Å². The number of nitrogens with zero attached hydrogens (tertiary/aromatic N) is 6.